The zero-order valence-corrected chi connectivity index (χ0v) is 12.0. The van der Waals surface area contributed by atoms with E-state index in [1.807, 2.05) is 48.5 Å². The van der Waals surface area contributed by atoms with Crippen molar-refractivity contribution in [3.63, 3.8) is 0 Å². The van der Waals surface area contributed by atoms with Gasteiger partial charge in [0.15, 0.2) is 0 Å². The minimum atomic E-state index is -0.514. The zero-order valence-electron chi connectivity index (χ0n) is 12.0. The minimum Gasteiger partial charge on any atom is -0.512 e. The molecule has 2 aromatic rings. The molecule has 0 saturated heterocycles. The first-order chi connectivity index (χ1) is 10.8. The maximum Gasteiger partial charge on any atom is 0.144 e. The Kier molecular flexibility index (Phi) is 3.00. The molecule has 1 aliphatic heterocycles. The van der Waals surface area contributed by atoms with Crippen molar-refractivity contribution in [2.75, 3.05) is 0 Å². The number of para-hydroxylation sites is 2. The highest BCUT2D eigenvalue weighted by Crippen LogP contribution is 2.49. The molecule has 3 heteroatoms. The Balaban J connectivity index is 1.93. The van der Waals surface area contributed by atoms with Crippen LogP contribution >= 0.6 is 0 Å². The Bertz CT molecular complexity index is 730. The molecule has 3 nitrogen and oxygen atoms in total. The number of benzene rings is 2. The fourth-order valence-electron chi connectivity index (χ4n) is 3.47. The molecule has 0 amide bonds. The molecule has 0 fully saturated rings. The van der Waals surface area contributed by atoms with Crippen molar-refractivity contribution in [2.24, 2.45) is 5.92 Å². The van der Waals surface area contributed by atoms with Crippen LogP contribution in [0.25, 0.3) is 0 Å². The van der Waals surface area contributed by atoms with Gasteiger partial charge in [-0.25, -0.2) is 0 Å². The topological polar surface area (TPSA) is 46.5 Å². The molecule has 1 heterocycles. The molecule has 110 valence electrons. The molecule has 2 aliphatic rings. The summed E-state index contributed by atoms with van der Waals surface area (Å²) in [6.07, 6.45) is 2.87. The van der Waals surface area contributed by atoms with Crippen LogP contribution in [0.2, 0.25) is 0 Å². The van der Waals surface area contributed by atoms with Crippen LogP contribution in [0, 0.1) is 5.92 Å². The lowest BCUT2D eigenvalue weighted by atomic mass is 9.73. The number of ketones is 1. The number of Topliss-reactive ketones (excluding diaryl/α,β-unsaturated/α-hetero) is 1. The Morgan fingerprint density at radius 2 is 1.50 bits per heavy atom. The average Bonchev–Trinajstić information content (AvgIpc) is 2.54. The van der Waals surface area contributed by atoms with E-state index in [2.05, 4.69) is 0 Å². The minimum absolute atomic E-state index is 0.0940. The number of fused-ring (bicyclic) bond motifs is 2. The summed E-state index contributed by atoms with van der Waals surface area (Å²) in [5.41, 5.74) is 1.92. The smallest absolute Gasteiger partial charge is 0.144 e. The van der Waals surface area contributed by atoms with Crippen LogP contribution < -0.4 is 4.74 Å². The van der Waals surface area contributed by atoms with Crippen LogP contribution in [-0.2, 0) is 4.79 Å². The summed E-state index contributed by atoms with van der Waals surface area (Å²) >= 11 is 0. The number of carbonyl (C=O) groups excluding carboxylic acids is 1. The van der Waals surface area contributed by atoms with E-state index in [0.717, 1.165) is 22.6 Å². The van der Waals surface area contributed by atoms with Gasteiger partial charge in [0.25, 0.3) is 0 Å². The molecule has 0 radical (unpaired) electrons. The highest BCUT2D eigenvalue weighted by Gasteiger charge is 2.40. The van der Waals surface area contributed by atoms with E-state index in [1.165, 1.54) is 0 Å². The number of hydrogen-bond donors (Lipinski definition) is 1. The Hall–Kier alpha value is -2.55. The van der Waals surface area contributed by atoms with Crippen LogP contribution in [0.3, 0.4) is 0 Å². The van der Waals surface area contributed by atoms with Crippen molar-refractivity contribution in [1.82, 2.24) is 0 Å². The van der Waals surface area contributed by atoms with Crippen molar-refractivity contribution in [1.29, 1.82) is 0 Å². The second kappa shape index (κ2) is 5.02. The first-order valence-corrected chi connectivity index (χ1v) is 7.53. The maximum absolute atomic E-state index is 12.5. The fourth-order valence-corrected chi connectivity index (χ4v) is 3.47. The summed E-state index contributed by atoms with van der Waals surface area (Å²) < 4.78 is 5.96. The van der Waals surface area contributed by atoms with Crippen LogP contribution in [0.15, 0.2) is 60.4 Å². The van der Waals surface area contributed by atoms with Gasteiger partial charge in [0, 0.05) is 23.5 Å². The molecular weight excluding hydrogens is 276 g/mol. The van der Waals surface area contributed by atoms with Crippen molar-refractivity contribution in [3.05, 3.63) is 71.5 Å². The molecule has 1 atom stereocenters. The monoisotopic (exact) mass is 292 g/mol. The largest absolute Gasteiger partial charge is 0.512 e. The Morgan fingerprint density at radius 1 is 0.909 bits per heavy atom. The van der Waals surface area contributed by atoms with Gasteiger partial charge in [-0.05, 0) is 24.6 Å². The summed E-state index contributed by atoms with van der Waals surface area (Å²) in [6.45, 7) is 0. The van der Waals surface area contributed by atoms with Crippen LogP contribution in [0.5, 0.6) is 11.5 Å². The van der Waals surface area contributed by atoms with Crippen LogP contribution in [0.1, 0.15) is 29.9 Å². The SMILES string of the molecule is O=C1CCC=C(O)[C@H]1C1c2ccccc2Oc2ccccc21. The molecule has 4 rings (SSSR count). The molecule has 0 saturated carbocycles. The molecule has 22 heavy (non-hydrogen) atoms. The van der Waals surface area contributed by atoms with E-state index in [4.69, 9.17) is 4.74 Å². The molecule has 0 spiro atoms. The number of carbonyl (C=O) groups is 1. The quantitative estimate of drug-likeness (QED) is 0.850. The summed E-state index contributed by atoms with van der Waals surface area (Å²) in [5.74, 6) is 1.10. The summed E-state index contributed by atoms with van der Waals surface area (Å²) in [5, 5.41) is 10.3. The molecule has 1 N–H and O–H groups in total. The van der Waals surface area contributed by atoms with Crippen molar-refractivity contribution in [3.8, 4) is 11.5 Å². The van der Waals surface area contributed by atoms with Crippen molar-refractivity contribution in [2.45, 2.75) is 18.8 Å². The summed E-state index contributed by atoms with van der Waals surface area (Å²) in [4.78, 5) is 12.5. The summed E-state index contributed by atoms with van der Waals surface area (Å²) in [7, 11) is 0. The van der Waals surface area contributed by atoms with Gasteiger partial charge in [-0.3, -0.25) is 4.79 Å². The molecule has 0 unspecified atom stereocenters. The highest BCUT2D eigenvalue weighted by molar-refractivity contribution is 5.86. The standard InChI is InChI=1S/C19H16O3/c20-14-8-5-9-15(21)19(14)18-12-6-1-3-10-16(12)22-17-11-4-2-7-13(17)18/h1-4,6-8,10-11,18-20H,5,9H2/t19-/m1/s1. The number of allylic oxidation sites excluding steroid dienone is 2. The van der Waals surface area contributed by atoms with Gasteiger partial charge in [0.2, 0.25) is 0 Å². The van der Waals surface area contributed by atoms with E-state index in [-0.39, 0.29) is 17.5 Å². The number of rotatable bonds is 1. The second-order valence-corrected chi connectivity index (χ2v) is 5.77. The number of hydrogen-bond acceptors (Lipinski definition) is 3. The predicted octanol–water partition coefficient (Wildman–Crippen LogP) is 4.35. The number of aliphatic hydroxyl groups is 1. The maximum atomic E-state index is 12.5. The third-order valence-electron chi connectivity index (χ3n) is 4.47. The lowest BCUT2D eigenvalue weighted by molar-refractivity contribution is -0.123. The zero-order chi connectivity index (χ0) is 15.1. The van der Waals surface area contributed by atoms with Gasteiger partial charge >= 0.3 is 0 Å². The van der Waals surface area contributed by atoms with Crippen LogP contribution in [0.4, 0.5) is 0 Å². The summed E-state index contributed by atoms with van der Waals surface area (Å²) in [6, 6.07) is 15.5. The first kappa shape index (κ1) is 13.1. The van der Waals surface area contributed by atoms with E-state index in [9.17, 15) is 9.90 Å². The normalized spacial score (nSPS) is 20.6. The first-order valence-electron chi connectivity index (χ1n) is 7.53. The fraction of sp³-hybridized carbons (Fsp3) is 0.211. The molecule has 2 aromatic carbocycles. The number of ether oxygens (including phenoxy) is 1. The van der Waals surface area contributed by atoms with Crippen molar-refractivity contribution >= 4 is 5.78 Å². The van der Waals surface area contributed by atoms with Gasteiger partial charge in [-0.2, -0.15) is 0 Å². The van der Waals surface area contributed by atoms with E-state index < -0.39 is 5.92 Å². The van der Waals surface area contributed by atoms with Crippen LogP contribution in [-0.4, -0.2) is 10.9 Å². The van der Waals surface area contributed by atoms with Gasteiger partial charge in [-0.15, -0.1) is 0 Å². The molecular formula is C19H16O3. The molecule has 1 aliphatic carbocycles. The molecule has 0 bridgehead atoms. The Morgan fingerprint density at radius 3 is 2.09 bits per heavy atom. The van der Waals surface area contributed by atoms with E-state index in [1.54, 1.807) is 6.08 Å². The molecule has 0 aromatic heterocycles. The van der Waals surface area contributed by atoms with Gasteiger partial charge in [-0.1, -0.05) is 36.4 Å². The van der Waals surface area contributed by atoms with Crippen molar-refractivity contribution < 1.29 is 14.6 Å². The third-order valence-corrected chi connectivity index (χ3v) is 4.47. The van der Waals surface area contributed by atoms with Gasteiger partial charge < -0.3 is 9.84 Å². The predicted molar refractivity (Wildman–Crippen MR) is 83.2 cm³/mol. The lowest BCUT2D eigenvalue weighted by Gasteiger charge is -2.34. The van der Waals surface area contributed by atoms with Gasteiger partial charge in [0.1, 0.15) is 17.3 Å². The average molecular weight is 292 g/mol. The second-order valence-electron chi connectivity index (χ2n) is 5.77. The lowest BCUT2D eigenvalue weighted by Crippen LogP contribution is -2.29. The number of aliphatic hydroxyl groups excluding tert-OH is 1. The van der Waals surface area contributed by atoms with E-state index in [0.29, 0.717) is 12.8 Å². The van der Waals surface area contributed by atoms with E-state index >= 15 is 0 Å². The Labute approximate surface area is 128 Å². The third kappa shape index (κ3) is 1.93. The highest BCUT2D eigenvalue weighted by atomic mass is 16.5. The van der Waals surface area contributed by atoms with Gasteiger partial charge in [0.05, 0.1) is 11.7 Å².